The summed E-state index contributed by atoms with van der Waals surface area (Å²) >= 11 is 1.44. The monoisotopic (exact) mass is 314 g/mol. The Balaban J connectivity index is 2.69. The smallest absolute Gasteiger partial charge is 0.241 e. The fourth-order valence-electron chi connectivity index (χ4n) is 1.23. The first-order valence-corrected chi connectivity index (χ1v) is 8.65. The molecule has 0 atom stereocenters. The van der Waals surface area contributed by atoms with Gasteiger partial charge in [-0.05, 0) is 26.0 Å². The fraction of sp³-hybridized carbons (Fsp3) is 0.462. The second-order valence-corrected chi connectivity index (χ2v) is 8.47. The maximum Gasteiger partial charge on any atom is 0.241 e. The van der Waals surface area contributed by atoms with Gasteiger partial charge in [-0.3, -0.25) is 4.79 Å². The van der Waals surface area contributed by atoms with Crippen LogP contribution in [-0.4, -0.2) is 31.9 Å². The van der Waals surface area contributed by atoms with Crippen LogP contribution in [0.2, 0.25) is 0 Å². The summed E-state index contributed by atoms with van der Waals surface area (Å²) in [6.07, 6.45) is 1.05. The van der Waals surface area contributed by atoms with Crippen molar-refractivity contribution in [2.75, 3.05) is 12.8 Å². The number of nitrogens with two attached hydrogens (primary N) is 1. The first kappa shape index (κ1) is 16.7. The zero-order valence-electron chi connectivity index (χ0n) is 11.7. The van der Waals surface area contributed by atoms with Gasteiger partial charge in [0.2, 0.25) is 5.91 Å². The number of sulfone groups is 1. The number of amides is 1. The van der Waals surface area contributed by atoms with E-state index in [-0.39, 0.29) is 6.54 Å². The second-order valence-electron chi connectivity index (χ2n) is 4.74. The molecule has 1 heterocycles. The highest BCUT2D eigenvalue weighted by Gasteiger charge is 2.38. The molecule has 3 N–H and O–H groups in total. The molecule has 110 valence electrons. The van der Waals surface area contributed by atoms with E-state index < -0.39 is 20.5 Å². The molecule has 0 fully saturated rings. The van der Waals surface area contributed by atoms with E-state index in [0.717, 1.165) is 16.0 Å². The van der Waals surface area contributed by atoms with Crippen LogP contribution in [0, 0.1) is 11.8 Å². The zero-order valence-corrected chi connectivity index (χ0v) is 13.3. The molecule has 0 radical (unpaired) electrons. The van der Waals surface area contributed by atoms with Crippen molar-refractivity contribution in [2.45, 2.75) is 25.1 Å². The van der Waals surface area contributed by atoms with E-state index in [0.29, 0.717) is 6.54 Å². The molecule has 7 heteroatoms. The maximum atomic E-state index is 11.9. The van der Waals surface area contributed by atoms with Crippen molar-refractivity contribution in [3.8, 4) is 11.8 Å². The van der Waals surface area contributed by atoms with Gasteiger partial charge < -0.3 is 11.1 Å². The van der Waals surface area contributed by atoms with Crippen LogP contribution in [0.3, 0.4) is 0 Å². The lowest BCUT2D eigenvalue weighted by atomic mass is 10.2. The summed E-state index contributed by atoms with van der Waals surface area (Å²) in [5.74, 6) is 5.14. The summed E-state index contributed by atoms with van der Waals surface area (Å²) in [6.45, 7) is 3.37. The largest absolute Gasteiger partial charge is 0.350 e. The maximum absolute atomic E-state index is 11.9. The summed E-state index contributed by atoms with van der Waals surface area (Å²) in [6, 6.07) is 3.69. The number of hydrogen-bond donors (Lipinski definition) is 2. The highest BCUT2D eigenvalue weighted by Crippen LogP contribution is 2.18. The van der Waals surface area contributed by atoms with E-state index in [1.54, 1.807) is 0 Å². The standard InChI is InChI=1S/C13H18N2O3S2/c1-13(2,20(3,17)18)12(16)15-9-11-7-6-10(19-11)5-4-8-14/h6-7H,8-9,14H2,1-3H3,(H,15,16). The number of carbonyl (C=O) groups excluding carboxylic acids is 1. The molecule has 5 nitrogen and oxygen atoms in total. The predicted octanol–water partition coefficient (Wildman–Crippen LogP) is 0.498. The van der Waals surface area contributed by atoms with Gasteiger partial charge in [0.25, 0.3) is 0 Å². The van der Waals surface area contributed by atoms with Crippen molar-refractivity contribution in [3.63, 3.8) is 0 Å². The van der Waals surface area contributed by atoms with Crippen LogP contribution in [0.1, 0.15) is 23.6 Å². The van der Waals surface area contributed by atoms with Gasteiger partial charge in [-0.25, -0.2) is 8.42 Å². The zero-order chi connectivity index (χ0) is 15.4. The van der Waals surface area contributed by atoms with Crippen LogP contribution in [0.15, 0.2) is 12.1 Å². The lowest BCUT2D eigenvalue weighted by Crippen LogP contribution is -2.47. The molecule has 0 spiro atoms. The first-order valence-electron chi connectivity index (χ1n) is 5.94. The summed E-state index contributed by atoms with van der Waals surface area (Å²) in [5.41, 5.74) is 5.29. The average molecular weight is 314 g/mol. The van der Waals surface area contributed by atoms with Gasteiger partial charge in [-0.2, -0.15) is 0 Å². The van der Waals surface area contributed by atoms with Gasteiger partial charge in [-0.15, -0.1) is 11.3 Å². The Morgan fingerprint density at radius 2 is 2.10 bits per heavy atom. The normalized spacial score (nSPS) is 11.6. The van der Waals surface area contributed by atoms with E-state index in [1.807, 2.05) is 12.1 Å². The molecule has 0 aliphatic carbocycles. The minimum atomic E-state index is -3.46. The Labute approximate surface area is 123 Å². The fourth-order valence-corrected chi connectivity index (χ4v) is 2.46. The molecule has 1 aromatic rings. The van der Waals surface area contributed by atoms with Crippen LogP contribution in [0.4, 0.5) is 0 Å². The van der Waals surface area contributed by atoms with Gasteiger partial charge in [0.1, 0.15) is 4.75 Å². The summed E-state index contributed by atoms with van der Waals surface area (Å²) < 4.78 is 21.6. The van der Waals surface area contributed by atoms with Crippen LogP contribution < -0.4 is 11.1 Å². The Morgan fingerprint density at radius 1 is 1.45 bits per heavy atom. The lowest BCUT2D eigenvalue weighted by Gasteiger charge is -2.21. The molecule has 1 rings (SSSR count). The first-order chi connectivity index (χ1) is 9.18. The van der Waals surface area contributed by atoms with Crippen LogP contribution in [0.5, 0.6) is 0 Å². The molecule has 0 unspecified atom stereocenters. The van der Waals surface area contributed by atoms with E-state index in [4.69, 9.17) is 5.73 Å². The summed E-state index contributed by atoms with van der Waals surface area (Å²) in [5, 5.41) is 2.63. The average Bonchev–Trinajstić information content (AvgIpc) is 2.79. The highest BCUT2D eigenvalue weighted by atomic mass is 32.2. The Bertz CT molecular complexity index is 649. The van der Waals surface area contributed by atoms with Gasteiger partial charge in [0, 0.05) is 11.1 Å². The molecular weight excluding hydrogens is 296 g/mol. The molecule has 20 heavy (non-hydrogen) atoms. The van der Waals surface area contributed by atoms with Crippen molar-refractivity contribution in [2.24, 2.45) is 5.73 Å². The minimum Gasteiger partial charge on any atom is -0.350 e. The van der Waals surface area contributed by atoms with Gasteiger partial charge in [0.05, 0.1) is 18.0 Å². The molecule has 0 saturated heterocycles. The Hall–Kier alpha value is -1.36. The molecule has 0 aliphatic heterocycles. The summed E-state index contributed by atoms with van der Waals surface area (Å²) in [7, 11) is -3.46. The van der Waals surface area contributed by atoms with Gasteiger partial charge >= 0.3 is 0 Å². The molecule has 1 aromatic heterocycles. The van der Waals surface area contributed by atoms with E-state index in [1.165, 1.54) is 25.2 Å². The lowest BCUT2D eigenvalue weighted by molar-refractivity contribution is -0.123. The number of nitrogens with one attached hydrogen (secondary N) is 1. The Kier molecular flexibility index (Phi) is 5.34. The molecule has 0 saturated carbocycles. The van der Waals surface area contributed by atoms with E-state index in [2.05, 4.69) is 17.2 Å². The summed E-state index contributed by atoms with van der Waals surface area (Å²) in [4.78, 5) is 13.7. The van der Waals surface area contributed by atoms with Crippen LogP contribution >= 0.6 is 11.3 Å². The molecule has 0 bridgehead atoms. The van der Waals surface area contributed by atoms with Gasteiger partial charge in [-0.1, -0.05) is 11.8 Å². The van der Waals surface area contributed by atoms with Crippen LogP contribution in [-0.2, 0) is 21.2 Å². The topological polar surface area (TPSA) is 89.3 Å². The minimum absolute atomic E-state index is 0.284. The molecule has 0 aliphatic rings. The third-order valence-electron chi connectivity index (χ3n) is 2.87. The van der Waals surface area contributed by atoms with Crippen molar-refractivity contribution in [3.05, 3.63) is 21.9 Å². The van der Waals surface area contributed by atoms with E-state index >= 15 is 0 Å². The molecule has 1 amide bonds. The molecule has 0 aromatic carbocycles. The SMILES string of the molecule is CC(C)(C(=O)NCc1ccc(C#CCN)s1)S(C)(=O)=O. The predicted molar refractivity (Wildman–Crippen MR) is 81.0 cm³/mol. The quantitative estimate of drug-likeness (QED) is 0.792. The van der Waals surface area contributed by atoms with Gasteiger partial charge in [0.15, 0.2) is 9.84 Å². The van der Waals surface area contributed by atoms with Crippen molar-refractivity contribution in [1.82, 2.24) is 5.32 Å². The third kappa shape index (κ3) is 4.07. The van der Waals surface area contributed by atoms with Crippen molar-refractivity contribution < 1.29 is 13.2 Å². The number of carbonyl (C=O) groups is 1. The highest BCUT2D eigenvalue weighted by molar-refractivity contribution is 7.92. The number of rotatable bonds is 4. The Morgan fingerprint density at radius 3 is 2.65 bits per heavy atom. The number of hydrogen-bond acceptors (Lipinski definition) is 5. The number of thiophene rings is 1. The van der Waals surface area contributed by atoms with Crippen molar-refractivity contribution >= 4 is 27.1 Å². The van der Waals surface area contributed by atoms with Crippen molar-refractivity contribution in [1.29, 1.82) is 0 Å². The van der Waals surface area contributed by atoms with Crippen LogP contribution in [0.25, 0.3) is 0 Å². The van der Waals surface area contributed by atoms with E-state index in [9.17, 15) is 13.2 Å². The molecular formula is C13H18N2O3S2. The third-order valence-corrected chi connectivity index (χ3v) is 5.91. The second kappa shape index (κ2) is 6.39.